The molecule has 0 aromatic heterocycles. The summed E-state index contributed by atoms with van der Waals surface area (Å²) in [6.45, 7) is 3.11. The molecule has 0 saturated carbocycles. The molecule has 4 N–H and O–H groups in total. The first-order valence-corrected chi connectivity index (χ1v) is 7.19. The molecule has 0 atom stereocenters. The number of nitrogens with zero attached hydrogens (tertiary/aromatic N) is 2. The first kappa shape index (κ1) is 16.1. The molecule has 1 rings (SSSR count). The maximum Gasteiger partial charge on any atom is 0.359 e. The first-order chi connectivity index (χ1) is 9.34. The average Bonchev–Trinajstić information content (AvgIpc) is 2.38. The molecule has 1 aromatic carbocycles. The number of thiocarbonyl (C=S) groups is 1. The Bertz CT molecular complexity index is 614. The summed E-state index contributed by atoms with van der Waals surface area (Å²) in [5.41, 5.74) is 8.63. The van der Waals surface area contributed by atoms with Gasteiger partial charge in [-0.05, 0) is 17.8 Å². The highest BCUT2D eigenvalue weighted by Gasteiger charge is 2.17. The van der Waals surface area contributed by atoms with Gasteiger partial charge in [0.05, 0.1) is 12.3 Å². The van der Waals surface area contributed by atoms with Gasteiger partial charge in [-0.3, -0.25) is 9.98 Å². The fraction of sp³-hybridized carbons (Fsp3) is 0.0909. The van der Waals surface area contributed by atoms with E-state index < -0.39 is 10.3 Å². The highest BCUT2D eigenvalue weighted by atomic mass is 32.2. The minimum atomic E-state index is -4.41. The van der Waals surface area contributed by atoms with Crippen LogP contribution < -0.4 is 11.2 Å². The quantitative estimate of drug-likeness (QED) is 0.305. The third kappa shape index (κ3) is 4.96. The van der Waals surface area contributed by atoms with Gasteiger partial charge in [0.1, 0.15) is 0 Å². The fourth-order valence-electron chi connectivity index (χ4n) is 1.33. The lowest BCUT2D eigenvalue weighted by molar-refractivity contribution is 0.422. The van der Waals surface area contributed by atoms with E-state index in [0.717, 1.165) is 6.20 Å². The second-order valence-electron chi connectivity index (χ2n) is 3.61. The van der Waals surface area contributed by atoms with Crippen LogP contribution in [0.4, 0.5) is 0 Å². The van der Waals surface area contributed by atoms with Crippen LogP contribution in [0.1, 0.15) is 5.56 Å². The Morgan fingerprint density at radius 2 is 2.10 bits per heavy atom. The van der Waals surface area contributed by atoms with E-state index >= 15 is 0 Å². The number of rotatable bonds is 6. The van der Waals surface area contributed by atoms with Crippen molar-refractivity contribution in [1.29, 1.82) is 0 Å². The topological polar surface area (TPSA) is 108 Å². The van der Waals surface area contributed by atoms with Crippen molar-refractivity contribution in [2.45, 2.75) is 0 Å². The highest BCUT2D eigenvalue weighted by molar-refractivity contribution is 7.83. The average molecular weight is 314 g/mol. The van der Waals surface area contributed by atoms with Gasteiger partial charge in [-0.2, -0.15) is 13.5 Å². The smallest absolute Gasteiger partial charge is 0.359 e. The molecule has 0 bridgehead atoms. The van der Waals surface area contributed by atoms with Crippen molar-refractivity contribution < 1.29 is 13.0 Å². The van der Waals surface area contributed by atoms with Gasteiger partial charge in [0.15, 0.2) is 5.11 Å². The van der Waals surface area contributed by atoms with Crippen molar-refractivity contribution >= 4 is 33.3 Å². The summed E-state index contributed by atoms with van der Waals surface area (Å²) in [5.74, 6) is 0. The molecule has 0 amide bonds. The third-order valence-corrected chi connectivity index (χ3v) is 3.18. The molecule has 108 valence electrons. The molecule has 0 heterocycles. The van der Waals surface area contributed by atoms with Crippen LogP contribution in [0.2, 0.25) is 0 Å². The van der Waals surface area contributed by atoms with E-state index in [9.17, 15) is 8.42 Å². The van der Waals surface area contributed by atoms with Crippen LogP contribution >= 0.6 is 12.2 Å². The van der Waals surface area contributed by atoms with Crippen LogP contribution in [0, 0.1) is 0 Å². The number of hydrazone groups is 1. The zero-order valence-corrected chi connectivity index (χ0v) is 12.1. The van der Waals surface area contributed by atoms with Crippen molar-refractivity contribution in [2.24, 2.45) is 10.8 Å². The molecule has 0 aliphatic rings. The molecule has 9 heteroatoms. The lowest BCUT2D eigenvalue weighted by Gasteiger charge is -2.17. The molecule has 0 aliphatic heterocycles. The Balaban J connectivity index is 3.09. The number of benzene rings is 1. The van der Waals surface area contributed by atoms with Gasteiger partial charge in [0.25, 0.3) is 0 Å². The summed E-state index contributed by atoms with van der Waals surface area (Å²) >= 11 is 4.64. The third-order valence-electron chi connectivity index (χ3n) is 2.21. The molecule has 0 fully saturated rings. The molecular formula is C11H14N4O3S2. The van der Waals surface area contributed by atoms with Crippen LogP contribution in [-0.4, -0.2) is 34.6 Å². The van der Waals surface area contributed by atoms with E-state index in [-0.39, 0.29) is 11.7 Å². The Morgan fingerprint density at radius 1 is 1.50 bits per heavy atom. The van der Waals surface area contributed by atoms with Crippen molar-refractivity contribution in [3.05, 3.63) is 48.7 Å². The molecule has 1 aromatic rings. The van der Waals surface area contributed by atoms with Gasteiger partial charge in [0.2, 0.25) is 0 Å². The largest absolute Gasteiger partial charge is 0.375 e. The summed E-state index contributed by atoms with van der Waals surface area (Å²) in [6, 6.07) is 8.78. The van der Waals surface area contributed by atoms with E-state index in [2.05, 4.69) is 29.3 Å². The molecule has 0 saturated heterocycles. The Morgan fingerprint density at radius 3 is 2.55 bits per heavy atom. The van der Waals surface area contributed by atoms with Gasteiger partial charge < -0.3 is 5.73 Å². The van der Waals surface area contributed by atoms with Crippen molar-refractivity contribution in [1.82, 2.24) is 9.73 Å². The Kier molecular flexibility index (Phi) is 5.62. The van der Waals surface area contributed by atoms with Crippen LogP contribution in [0.25, 0.3) is 0 Å². The zero-order valence-electron chi connectivity index (χ0n) is 10.4. The van der Waals surface area contributed by atoms with E-state index in [4.69, 9.17) is 10.3 Å². The van der Waals surface area contributed by atoms with E-state index in [0.29, 0.717) is 15.6 Å². The van der Waals surface area contributed by atoms with E-state index in [1.54, 1.807) is 30.3 Å². The first-order valence-electron chi connectivity index (χ1n) is 5.39. The van der Waals surface area contributed by atoms with Gasteiger partial charge >= 0.3 is 10.3 Å². The normalized spacial score (nSPS) is 11.8. The second-order valence-corrected chi connectivity index (χ2v) is 5.41. The van der Waals surface area contributed by atoms with Gasteiger partial charge in [-0.1, -0.05) is 36.9 Å². The van der Waals surface area contributed by atoms with Crippen LogP contribution in [0.15, 0.2) is 48.2 Å². The van der Waals surface area contributed by atoms with Crippen molar-refractivity contribution in [3.8, 4) is 0 Å². The fourth-order valence-corrected chi connectivity index (χ4v) is 1.85. The Hall–Kier alpha value is -1.97. The minimum Gasteiger partial charge on any atom is -0.375 e. The molecular weight excluding hydrogens is 300 g/mol. The highest BCUT2D eigenvalue weighted by Crippen LogP contribution is 2.06. The zero-order chi connectivity index (χ0) is 15.2. The monoisotopic (exact) mass is 314 g/mol. The number of nitrogens with one attached hydrogen (secondary N) is 1. The number of hydrogen-bond acceptors (Lipinski definition) is 4. The molecule has 7 nitrogen and oxygen atoms in total. The summed E-state index contributed by atoms with van der Waals surface area (Å²) in [7, 11) is -4.41. The Labute approximate surface area is 122 Å². The molecule has 0 unspecified atom stereocenters. The predicted octanol–water partition coefficient (Wildman–Crippen LogP) is 0.472. The van der Waals surface area contributed by atoms with E-state index in [1.165, 1.54) is 0 Å². The summed E-state index contributed by atoms with van der Waals surface area (Å²) in [5, 5.41) is 3.87. The van der Waals surface area contributed by atoms with Gasteiger partial charge in [-0.25, -0.2) is 4.31 Å². The van der Waals surface area contributed by atoms with E-state index in [1.807, 2.05) is 0 Å². The molecule has 20 heavy (non-hydrogen) atoms. The second kappa shape index (κ2) is 6.98. The number of hydrogen-bond donors (Lipinski definition) is 3. The molecule has 0 spiro atoms. The lowest BCUT2D eigenvalue weighted by atomic mass is 10.1. The summed E-state index contributed by atoms with van der Waals surface area (Å²) in [6.07, 6.45) is 0.981. The lowest BCUT2D eigenvalue weighted by Crippen LogP contribution is -2.33. The molecule has 0 aliphatic carbocycles. The number of nitrogens with two attached hydrogens (primary N) is 1. The van der Waals surface area contributed by atoms with Gasteiger partial charge in [0, 0.05) is 6.20 Å². The minimum absolute atomic E-state index is 0.0598. The van der Waals surface area contributed by atoms with Crippen molar-refractivity contribution in [2.75, 3.05) is 6.54 Å². The maximum absolute atomic E-state index is 11.2. The maximum atomic E-state index is 11.2. The van der Waals surface area contributed by atoms with Crippen molar-refractivity contribution in [3.63, 3.8) is 0 Å². The molecule has 0 radical (unpaired) electrons. The van der Waals surface area contributed by atoms with Crippen LogP contribution in [0.5, 0.6) is 0 Å². The van der Waals surface area contributed by atoms with Crippen LogP contribution in [-0.2, 0) is 10.3 Å². The summed E-state index contributed by atoms with van der Waals surface area (Å²) in [4.78, 5) is 0. The van der Waals surface area contributed by atoms with Crippen LogP contribution in [0.3, 0.4) is 0 Å². The standard InChI is InChI=1S/C11H14N4O3S2/c1-2-15(20(16,17)18)8-10(13-14-11(12)19)9-6-4-3-5-7-9/h2-7H,1,8H2,(H3,12,14,19)(H,16,17,18). The predicted molar refractivity (Wildman–Crippen MR) is 81.4 cm³/mol. The SMILES string of the molecule is C=CN(CC(=NNC(N)=S)c1ccccc1)S(=O)(=O)O. The van der Waals surface area contributed by atoms with Gasteiger partial charge in [-0.15, -0.1) is 0 Å². The summed E-state index contributed by atoms with van der Waals surface area (Å²) < 4.78 is 32.0.